The summed E-state index contributed by atoms with van der Waals surface area (Å²) in [4.78, 5) is 0. The Kier molecular flexibility index (Phi) is 4.65. The Morgan fingerprint density at radius 1 is 1.37 bits per heavy atom. The number of benzene rings is 1. The van der Waals surface area contributed by atoms with Gasteiger partial charge in [-0.3, -0.25) is 4.68 Å². The Bertz CT molecular complexity index is 527. The molecule has 2 aromatic rings. The van der Waals surface area contributed by atoms with E-state index in [1.807, 2.05) is 17.8 Å². The fraction of sp³-hybridized carbons (Fsp3) is 0.357. The molecule has 5 heteroatoms. The number of aliphatic hydroxyl groups excluding tert-OH is 1. The van der Waals surface area contributed by atoms with Gasteiger partial charge < -0.3 is 10.4 Å². The van der Waals surface area contributed by atoms with Crippen LogP contribution in [0.15, 0.2) is 36.5 Å². The molecule has 4 nitrogen and oxygen atoms in total. The van der Waals surface area contributed by atoms with Crippen LogP contribution < -0.4 is 5.32 Å². The quantitative estimate of drug-likeness (QED) is 0.775. The number of nitrogens with zero attached hydrogens (tertiary/aromatic N) is 2. The van der Waals surface area contributed by atoms with Crippen LogP contribution in [-0.2, 0) is 13.5 Å². The van der Waals surface area contributed by atoms with Crippen LogP contribution in [-0.4, -0.2) is 28.0 Å². The van der Waals surface area contributed by atoms with E-state index in [0.717, 1.165) is 12.1 Å². The summed E-state index contributed by atoms with van der Waals surface area (Å²) in [5, 5.41) is 17.1. The molecule has 0 aliphatic heterocycles. The average Bonchev–Trinajstić information content (AvgIpc) is 2.80. The van der Waals surface area contributed by atoms with Crippen molar-refractivity contribution in [2.45, 2.75) is 12.5 Å². The highest BCUT2D eigenvalue weighted by molar-refractivity contribution is 5.19. The topological polar surface area (TPSA) is 50.1 Å². The van der Waals surface area contributed by atoms with Crippen LogP contribution in [0.3, 0.4) is 0 Å². The molecule has 0 spiro atoms. The summed E-state index contributed by atoms with van der Waals surface area (Å²) in [5.41, 5.74) is 1.45. The normalized spacial score (nSPS) is 12.6. The fourth-order valence-corrected chi connectivity index (χ4v) is 1.96. The summed E-state index contributed by atoms with van der Waals surface area (Å²) in [6, 6.07) is 8.24. The van der Waals surface area contributed by atoms with Crippen LogP contribution in [0.25, 0.3) is 0 Å². The number of aromatic nitrogens is 2. The molecule has 0 radical (unpaired) electrons. The van der Waals surface area contributed by atoms with E-state index < -0.39 is 6.10 Å². The molecule has 2 N–H and O–H groups in total. The molecule has 0 aliphatic rings. The SMILES string of the molecule is Cn1nccc1CCNCC(O)c1ccccc1F. The third-order valence-corrected chi connectivity index (χ3v) is 3.08. The Morgan fingerprint density at radius 2 is 2.16 bits per heavy atom. The zero-order chi connectivity index (χ0) is 13.7. The van der Waals surface area contributed by atoms with Crippen LogP contribution in [0.1, 0.15) is 17.4 Å². The summed E-state index contributed by atoms with van der Waals surface area (Å²) < 4.78 is 15.2. The van der Waals surface area contributed by atoms with Gasteiger partial charge in [0.15, 0.2) is 0 Å². The van der Waals surface area contributed by atoms with E-state index in [0.29, 0.717) is 18.7 Å². The molecule has 1 aromatic carbocycles. The maximum absolute atomic E-state index is 13.4. The van der Waals surface area contributed by atoms with Crippen LogP contribution in [0.5, 0.6) is 0 Å². The first-order chi connectivity index (χ1) is 9.18. The minimum atomic E-state index is -0.826. The molecule has 102 valence electrons. The zero-order valence-corrected chi connectivity index (χ0v) is 10.9. The van der Waals surface area contributed by atoms with Crippen LogP contribution in [0, 0.1) is 5.82 Å². The van der Waals surface area contributed by atoms with Gasteiger partial charge in [-0.1, -0.05) is 18.2 Å². The molecule has 0 aliphatic carbocycles. The second-order valence-corrected chi connectivity index (χ2v) is 4.44. The first kappa shape index (κ1) is 13.7. The third-order valence-electron chi connectivity index (χ3n) is 3.08. The van der Waals surface area contributed by atoms with E-state index >= 15 is 0 Å². The molecule has 0 saturated heterocycles. The molecule has 0 bridgehead atoms. The highest BCUT2D eigenvalue weighted by Crippen LogP contribution is 2.15. The Labute approximate surface area is 111 Å². The number of hydrogen-bond acceptors (Lipinski definition) is 3. The smallest absolute Gasteiger partial charge is 0.129 e. The van der Waals surface area contributed by atoms with E-state index in [1.54, 1.807) is 24.4 Å². The summed E-state index contributed by atoms with van der Waals surface area (Å²) in [6.07, 6.45) is 1.75. The van der Waals surface area contributed by atoms with Crippen molar-refractivity contribution in [2.75, 3.05) is 13.1 Å². The van der Waals surface area contributed by atoms with Gasteiger partial charge in [0.25, 0.3) is 0 Å². The Hall–Kier alpha value is -1.72. The zero-order valence-electron chi connectivity index (χ0n) is 10.9. The van der Waals surface area contributed by atoms with Crippen LogP contribution >= 0.6 is 0 Å². The number of aryl methyl sites for hydroxylation is 1. The second-order valence-electron chi connectivity index (χ2n) is 4.44. The van der Waals surface area contributed by atoms with Gasteiger partial charge in [0, 0.05) is 44.0 Å². The molecule has 0 fully saturated rings. The molecule has 0 saturated carbocycles. The van der Waals surface area contributed by atoms with Gasteiger partial charge in [0.05, 0.1) is 6.10 Å². The molecular formula is C14H18FN3O. The fourth-order valence-electron chi connectivity index (χ4n) is 1.96. The summed E-state index contributed by atoms with van der Waals surface area (Å²) in [6.45, 7) is 1.05. The Balaban J connectivity index is 1.77. The standard InChI is InChI=1S/C14H18FN3O/c1-18-11(7-9-17-18)6-8-16-10-14(19)12-4-2-3-5-13(12)15/h2-5,7,9,14,16,19H,6,8,10H2,1H3. The van der Waals surface area contributed by atoms with Crippen molar-refractivity contribution in [3.63, 3.8) is 0 Å². The minimum Gasteiger partial charge on any atom is -0.387 e. The largest absolute Gasteiger partial charge is 0.387 e. The number of hydrogen-bond donors (Lipinski definition) is 2. The van der Waals surface area contributed by atoms with Crippen molar-refractivity contribution in [2.24, 2.45) is 7.05 Å². The van der Waals surface area contributed by atoms with Crippen molar-refractivity contribution in [1.29, 1.82) is 0 Å². The number of nitrogens with one attached hydrogen (secondary N) is 1. The molecule has 0 amide bonds. The van der Waals surface area contributed by atoms with E-state index in [9.17, 15) is 9.50 Å². The van der Waals surface area contributed by atoms with Crippen molar-refractivity contribution in [3.05, 3.63) is 53.6 Å². The van der Waals surface area contributed by atoms with Gasteiger partial charge in [-0.05, 0) is 12.1 Å². The van der Waals surface area contributed by atoms with Crippen molar-refractivity contribution in [1.82, 2.24) is 15.1 Å². The van der Waals surface area contributed by atoms with Crippen LogP contribution in [0.2, 0.25) is 0 Å². The van der Waals surface area contributed by atoms with Crippen molar-refractivity contribution >= 4 is 0 Å². The maximum Gasteiger partial charge on any atom is 0.129 e. The molecule has 1 heterocycles. The first-order valence-electron chi connectivity index (χ1n) is 6.28. The second kappa shape index (κ2) is 6.45. The van der Waals surface area contributed by atoms with Gasteiger partial charge in [-0.15, -0.1) is 0 Å². The highest BCUT2D eigenvalue weighted by Gasteiger charge is 2.11. The van der Waals surface area contributed by atoms with Gasteiger partial charge >= 0.3 is 0 Å². The lowest BCUT2D eigenvalue weighted by molar-refractivity contribution is 0.170. The average molecular weight is 263 g/mol. The lowest BCUT2D eigenvalue weighted by Crippen LogP contribution is -2.24. The van der Waals surface area contributed by atoms with Gasteiger partial charge in [0.1, 0.15) is 5.82 Å². The Morgan fingerprint density at radius 3 is 2.84 bits per heavy atom. The van der Waals surface area contributed by atoms with E-state index in [2.05, 4.69) is 10.4 Å². The van der Waals surface area contributed by atoms with Crippen LogP contribution in [0.4, 0.5) is 4.39 Å². The molecule has 1 aromatic heterocycles. The monoisotopic (exact) mass is 263 g/mol. The number of rotatable bonds is 6. The number of aliphatic hydroxyl groups is 1. The first-order valence-corrected chi connectivity index (χ1v) is 6.28. The van der Waals surface area contributed by atoms with Crippen molar-refractivity contribution < 1.29 is 9.50 Å². The molecule has 1 unspecified atom stereocenters. The lowest BCUT2D eigenvalue weighted by atomic mass is 10.1. The highest BCUT2D eigenvalue weighted by atomic mass is 19.1. The van der Waals surface area contributed by atoms with Gasteiger partial charge in [-0.25, -0.2) is 4.39 Å². The minimum absolute atomic E-state index is 0.329. The van der Waals surface area contributed by atoms with E-state index in [-0.39, 0.29) is 5.82 Å². The van der Waals surface area contributed by atoms with Gasteiger partial charge in [-0.2, -0.15) is 5.10 Å². The maximum atomic E-state index is 13.4. The molecule has 19 heavy (non-hydrogen) atoms. The molecule has 1 atom stereocenters. The molecule has 2 rings (SSSR count). The summed E-state index contributed by atoms with van der Waals surface area (Å²) in [5.74, 6) is -0.372. The number of halogens is 1. The van der Waals surface area contributed by atoms with E-state index in [1.165, 1.54) is 6.07 Å². The predicted molar refractivity (Wildman–Crippen MR) is 71.1 cm³/mol. The predicted octanol–water partition coefficient (Wildman–Crippen LogP) is 1.42. The third kappa shape index (κ3) is 3.62. The van der Waals surface area contributed by atoms with E-state index in [4.69, 9.17) is 0 Å². The lowest BCUT2D eigenvalue weighted by Gasteiger charge is -2.13. The molecular weight excluding hydrogens is 245 g/mol. The van der Waals surface area contributed by atoms with Gasteiger partial charge in [0.2, 0.25) is 0 Å². The summed E-state index contributed by atoms with van der Waals surface area (Å²) in [7, 11) is 1.89. The van der Waals surface area contributed by atoms with Crippen molar-refractivity contribution in [3.8, 4) is 0 Å². The summed E-state index contributed by atoms with van der Waals surface area (Å²) >= 11 is 0.